The molecule has 2 bridgehead atoms. The Labute approximate surface area is 149 Å². The van der Waals surface area contributed by atoms with Crippen molar-refractivity contribution in [2.45, 2.75) is 62.6 Å². The normalized spacial score (nSPS) is 25.9. The summed E-state index contributed by atoms with van der Waals surface area (Å²) < 4.78 is 23.4. The van der Waals surface area contributed by atoms with Gasteiger partial charge >= 0.3 is 0 Å². The van der Waals surface area contributed by atoms with Crippen LogP contribution in [0, 0.1) is 13.8 Å². The van der Waals surface area contributed by atoms with Crippen molar-refractivity contribution in [3.63, 3.8) is 0 Å². The Morgan fingerprint density at radius 2 is 1.79 bits per heavy atom. The monoisotopic (exact) mass is 373 g/mol. The first kappa shape index (κ1) is 19.2. The molecule has 4 N–H and O–H groups in total. The van der Waals surface area contributed by atoms with Crippen molar-refractivity contribution in [2.75, 3.05) is 0 Å². The first-order chi connectivity index (χ1) is 10.7. The minimum atomic E-state index is -3.84. The first-order valence-electron chi connectivity index (χ1n) is 7.95. The van der Waals surface area contributed by atoms with Crippen molar-refractivity contribution in [1.82, 2.24) is 10.6 Å². The van der Waals surface area contributed by atoms with E-state index in [0.29, 0.717) is 23.2 Å². The van der Waals surface area contributed by atoms with Gasteiger partial charge in [-0.25, -0.2) is 13.6 Å². The Morgan fingerprint density at radius 1 is 1.21 bits per heavy atom. The SMILES string of the molecule is Cc1cc(C(=O)NC2CC3CCC(C2)N3)cc(S(N)(=O)=O)c1C.Cl. The molecular formula is C16H24ClN3O3S. The molecule has 6 nitrogen and oxygen atoms in total. The second-order valence-corrected chi connectivity index (χ2v) is 8.27. The lowest BCUT2D eigenvalue weighted by Gasteiger charge is -2.29. The fraction of sp³-hybridized carbons (Fsp3) is 0.562. The van der Waals surface area contributed by atoms with E-state index < -0.39 is 10.0 Å². The topological polar surface area (TPSA) is 101 Å². The summed E-state index contributed by atoms with van der Waals surface area (Å²) >= 11 is 0. The zero-order chi connectivity index (χ0) is 16.8. The van der Waals surface area contributed by atoms with Gasteiger partial charge in [0.15, 0.2) is 0 Å². The molecule has 134 valence electrons. The first-order valence-corrected chi connectivity index (χ1v) is 9.49. The second-order valence-electron chi connectivity index (χ2n) is 6.74. The number of aryl methyl sites for hydroxylation is 1. The molecule has 0 aromatic heterocycles. The minimum absolute atomic E-state index is 0. The summed E-state index contributed by atoms with van der Waals surface area (Å²) in [7, 11) is -3.84. The van der Waals surface area contributed by atoms with Crippen LogP contribution in [-0.4, -0.2) is 32.5 Å². The highest BCUT2D eigenvalue weighted by atomic mass is 35.5. The van der Waals surface area contributed by atoms with Crippen LogP contribution in [0.25, 0.3) is 0 Å². The van der Waals surface area contributed by atoms with Gasteiger partial charge in [-0.1, -0.05) is 0 Å². The van der Waals surface area contributed by atoms with Crippen molar-refractivity contribution in [2.24, 2.45) is 5.14 Å². The Bertz CT molecular complexity index is 739. The number of nitrogens with two attached hydrogens (primary N) is 1. The molecule has 2 atom stereocenters. The van der Waals surface area contributed by atoms with E-state index in [2.05, 4.69) is 10.6 Å². The number of sulfonamides is 1. The van der Waals surface area contributed by atoms with Gasteiger partial charge in [-0.2, -0.15) is 0 Å². The van der Waals surface area contributed by atoms with Crippen LogP contribution in [0.5, 0.6) is 0 Å². The van der Waals surface area contributed by atoms with Crippen molar-refractivity contribution in [3.8, 4) is 0 Å². The van der Waals surface area contributed by atoms with Gasteiger partial charge in [-0.3, -0.25) is 4.79 Å². The highest BCUT2D eigenvalue weighted by molar-refractivity contribution is 7.89. The summed E-state index contributed by atoms with van der Waals surface area (Å²) in [5, 5.41) is 11.8. The van der Waals surface area contributed by atoms with E-state index in [-0.39, 0.29) is 29.3 Å². The van der Waals surface area contributed by atoms with E-state index >= 15 is 0 Å². The number of hydrogen-bond donors (Lipinski definition) is 3. The van der Waals surface area contributed by atoms with E-state index in [9.17, 15) is 13.2 Å². The zero-order valence-corrected chi connectivity index (χ0v) is 15.5. The number of primary sulfonamides is 1. The van der Waals surface area contributed by atoms with E-state index in [1.165, 1.54) is 6.07 Å². The lowest BCUT2D eigenvalue weighted by atomic mass is 9.99. The van der Waals surface area contributed by atoms with Gasteiger partial charge < -0.3 is 10.6 Å². The van der Waals surface area contributed by atoms with Crippen LogP contribution in [0.3, 0.4) is 0 Å². The molecule has 0 radical (unpaired) electrons. The molecule has 3 rings (SSSR count). The molecule has 0 saturated carbocycles. The van der Waals surface area contributed by atoms with Crippen molar-refractivity contribution >= 4 is 28.3 Å². The molecule has 2 saturated heterocycles. The van der Waals surface area contributed by atoms with Gasteiger partial charge in [0.25, 0.3) is 5.91 Å². The van der Waals surface area contributed by atoms with Crippen LogP contribution >= 0.6 is 12.4 Å². The van der Waals surface area contributed by atoms with E-state index in [0.717, 1.165) is 31.2 Å². The maximum absolute atomic E-state index is 12.5. The number of hydrogen-bond acceptors (Lipinski definition) is 4. The standard InChI is InChI=1S/C16H23N3O3S.ClH/c1-9-5-11(6-15(10(9)2)23(17,21)22)16(20)19-14-7-12-3-4-13(8-14)18-12;/h5-6,12-14,18H,3-4,7-8H2,1-2H3,(H,19,20)(H2,17,21,22);1H. The molecule has 24 heavy (non-hydrogen) atoms. The Kier molecular flexibility index (Phi) is 5.59. The van der Waals surface area contributed by atoms with E-state index in [1.807, 2.05) is 0 Å². The number of fused-ring (bicyclic) bond motifs is 2. The number of rotatable bonds is 3. The lowest BCUT2D eigenvalue weighted by Crippen LogP contribution is -2.48. The van der Waals surface area contributed by atoms with Crippen molar-refractivity contribution in [1.29, 1.82) is 0 Å². The van der Waals surface area contributed by atoms with Crippen LogP contribution in [0.2, 0.25) is 0 Å². The minimum Gasteiger partial charge on any atom is -0.349 e. The molecule has 2 unspecified atom stereocenters. The van der Waals surface area contributed by atoms with Crippen LogP contribution in [0.4, 0.5) is 0 Å². The summed E-state index contributed by atoms with van der Waals surface area (Å²) in [5.74, 6) is -0.232. The number of nitrogens with one attached hydrogen (secondary N) is 2. The molecule has 2 heterocycles. The van der Waals surface area contributed by atoms with Gasteiger partial charge in [-0.05, 0) is 62.8 Å². The molecule has 1 aromatic carbocycles. The molecule has 2 fully saturated rings. The van der Waals surface area contributed by atoms with E-state index in [1.54, 1.807) is 19.9 Å². The maximum atomic E-state index is 12.5. The zero-order valence-electron chi connectivity index (χ0n) is 13.8. The Morgan fingerprint density at radius 3 is 2.33 bits per heavy atom. The van der Waals surface area contributed by atoms with Crippen LogP contribution in [-0.2, 0) is 10.0 Å². The summed E-state index contributed by atoms with van der Waals surface area (Å²) in [6, 6.07) is 4.20. The average molecular weight is 374 g/mol. The second kappa shape index (κ2) is 7.00. The van der Waals surface area contributed by atoms with Crippen LogP contribution < -0.4 is 15.8 Å². The van der Waals surface area contributed by atoms with Gasteiger partial charge in [-0.15, -0.1) is 12.4 Å². The molecule has 8 heteroatoms. The third-order valence-corrected chi connectivity index (χ3v) is 6.03. The summed E-state index contributed by atoms with van der Waals surface area (Å²) in [6.45, 7) is 3.48. The predicted octanol–water partition coefficient (Wildman–Crippen LogP) is 1.39. The summed E-state index contributed by atoms with van der Waals surface area (Å²) in [4.78, 5) is 12.5. The third kappa shape index (κ3) is 3.91. The maximum Gasteiger partial charge on any atom is 0.251 e. The summed E-state index contributed by atoms with van der Waals surface area (Å²) in [5.41, 5.74) is 1.68. The number of carbonyl (C=O) groups excluding carboxylic acids is 1. The molecule has 2 aliphatic heterocycles. The van der Waals surface area contributed by atoms with Gasteiger partial charge in [0.1, 0.15) is 0 Å². The molecule has 1 aromatic rings. The van der Waals surface area contributed by atoms with E-state index in [4.69, 9.17) is 5.14 Å². The number of halogens is 1. The molecule has 0 aliphatic carbocycles. The fourth-order valence-corrected chi connectivity index (χ4v) is 4.58. The molecule has 0 spiro atoms. The summed E-state index contributed by atoms with van der Waals surface area (Å²) in [6.07, 6.45) is 4.18. The molecule has 2 aliphatic rings. The quantitative estimate of drug-likeness (QED) is 0.745. The average Bonchev–Trinajstić information content (AvgIpc) is 2.79. The number of amides is 1. The highest BCUT2D eigenvalue weighted by Crippen LogP contribution is 2.27. The van der Waals surface area contributed by atoms with Crippen LogP contribution in [0.15, 0.2) is 17.0 Å². The number of piperidine rings is 1. The Balaban J connectivity index is 0.00000208. The number of carbonyl (C=O) groups is 1. The molecule has 1 amide bonds. The largest absolute Gasteiger partial charge is 0.349 e. The smallest absolute Gasteiger partial charge is 0.251 e. The number of benzene rings is 1. The van der Waals surface area contributed by atoms with Gasteiger partial charge in [0, 0.05) is 23.7 Å². The van der Waals surface area contributed by atoms with Gasteiger partial charge in [0.2, 0.25) is 10.0 Å². The third-order valence-electron chi connectivity index (χ3n) is 5.00. The predicted molar refractivity (Wildman–Crippen MR) is 95.0 cm³/mol. The lowest BCUT2D eigenvalue weighted by molar-refractivity contribution is 0.0923. The fourth-order valence-electron chi connectivity index (χ4n) is 3.70. The highest BCUT2D eigenvalue weighted by Gasteiger charge is 2.34. The Hall–Kier alpha value is -1.15. The van der Waals surface area contributed by atoms with Crippen molar-refractivity contribution in [3.05, 3.63) is 28.8 Å². The molecular weight excluding hydrogens is 350 g/mol. The van der Waals surface area contributed by atoms with Crippen molar-refractivity contribution < 1.29 is 13.2 Å². The van der Waals surface area contributed by atoms with Crippen LogP contribution in [0.1, 0.15) is 47.2 Å². The van der Waals surface area contributed by atoms with Gasteiger partial charge in [0.05, 0.1) is 4.90 Å².